The number of benzene rings is 4. The number of rotatable bonds is 8. The number of aliphatic hydroxyl groups excluding tert-OH is 1. The summed E-state index contributed by atoms with van der Waals surface area (Å²) in [4.78, 5) is 33.0. The molecule has 1 atom stereocenters. The van der Waals surface area contributed by atoms with Crippen LogP contribution in [0.1, 0.15) is 29.7 Å². The number of amides is 1. The lowest BCUT2D eigenvalue weighted by molar-refractivity contribution is -0.132. The van der Waals surface area contributed by atoms with Crippen molar-refractivity contribution >= 4 is 55.7 Å². The predicted molar refractivity (Wildman–Crippen MR) is 164 cm³/mol. The Morgan fingerprint density at radius 1 is 0.977 bits per heavy atom. The fraction of sp³-hybridized carbons (Fsp3) is 0.121. The molecule has 0 aliphatic carbocycles. The SMILES string of the molecule is CCOc1cc(C2/C(=C(\O)c3ccc(Cl)cc3)C(=O)C(=O)N2c2nc3ccc(F)cc3s2)ccc1OCc1ccccc1. The number of hydrogen-bond donors (Lipinski definition) is 1. The molecule has 1 aromatic heterocycles. The summed E-state index contributed by atoms with van der Waals surface area (Å²) in [5, 5.41) is 12.1. The second kappa shape index (κ2) is 11.9. The van der Waals surface area contributed by atoms with Crippen LogP contribution in [0.25, 0.3) is 16.0 Å². The van der Waals surface area contributed by atoms with Gasteiger partial charge in [-0.05, 0) is 72.6 Å². The summed E-state index contributed by atoms with van der Waals surface area (Å²) >= 11 is 7.12. The molecular formula is C33H24ClFN2O5S. The maximum absolute atomic E-state index is 14.0. The Hall–Kier alpha value is -4.73. The van der Waals surface area contributed by atoms with Crippen molar-refractivity contribution in [1.29, 1.82) is 0 Å². The van der Waals surface area contributed by atoms with E-state index in [1.54, 1.807) is 42.5 Å². The van der Waals surface area contributed by atoms with Gasteiger partial charge < -0.3 is 14.6 Å². The molecule has 1 saturated heterocycles. The molecule has 4 aromatic carbocycles. The maximum atomic E-state index is 14.0. The number of fused-ring (bicyclic) bond motifs is 1. The number of anilines is 1. The Kier molecular flexibility index (Phi) is 7.84. The molecule has 1 aliphatic heterocycles. The number of hydrogen-bond acceptors (Lipinski definition) is 7. The molecule has 0 bridgehead atoms. The van der Waals surface area contributed by atoms with Crippen molar-refractivity contribution < 1.29 is 28.6 Å². The minimum Gasteiger partial charge on any atom is -0.507 e. The van der Waals surface area contributed by atoms with Gasteiger partial charge >= 0.3 is 5.91 Å². The number of carbonyl (C=O) groups excluding carboxylic acids is 2. The summed E-state index contributed by atoms with van der Waals surface area (Å²) in [6, 6.07) is 24.1. The summed E-state index contributed by atoms with van der Waals surface area (Å²) < 4.78 is 26.5. The lowest BCUT2D eigenvalue weighted by atomic mass is 9.95. The minimum atomic E-state index is -1.07. The van der Waals surface area contributed by atoms with E-state index in [0.717, 1.165) is 16.9 Å². The van der Waals surface area contributed by atoms with Gasteiger partial charge in [-0.2, -0.15) is 0 Å². The summed E-state index contributed by atoms with van der Waals surface area (Å²) in [5.74, 6) is -1.69. The highest BCUT2D eigenvalue weighted by Gasteiger charge is 2.48. The Morgan fingerprint density at radius 3 is 2.49 bits per heavy atom. The fourth-order valence-electron chi connectivity index (χ4n) is 4.92. The highest BCUT2D eigenvalue weighted by molar-refractivity contribution is 7.22. The summed E-state index contributed by atoms with van der Waals surface area (Å²) in [7, 11) is 0. The van der Waals surface area contributed by atoms with Crippen molar-refractivity contribution in [3.63, 3.8) is 0 Å². The van der Waals surface area contributed by atoms with E-state index in [4.69, 9.17) is 21.1 Å². The van der Waals surface area contributed by atoms with Gasteiger partial charge in [0.2, 0.25) is 0 Å². The van der Waals surface area contributed by atoms with Crippen LogP contribution in [0.4, 0.5) is 9.52 Å². The molecule has 0 radical (unpaired) electrons. The first-order valence-corrected chi connectivity index (χ1v) is 14.6. The normalized spacial score (nSPS) is 16.2. The number of ether oxygens (including phenoxy) is 2. The van der Waals surface area contributed by atoms with E-state index in [1.807, 2.05) is 37.3 Å². The van der Waals surface area contributed by atoms with Gasteiger partial charge in [0, 0.05) is 10.6 Å². The van der Waals surface area contributed by atoms with Crippen molar-refractivity contribution in [3.05, 3.63) is 124 Å². The number of aromatic nitrogens is 1. The van der Waals surface area contributed by atoms with Crippen LogP contribution >= 0.6 is 22.9 Å². The second-order valence-electron chi connectivity index (χ2n) is 9.70. The molecule has 43 heavy (non-hydrogen) atoms. The third-order valence-electron chi connectivity index (χ3n) is 6.93. The molecule has 1 unspecified atom stereocenters. The van der Waals surface area contributed by atoms with E-state index in [0.29, 0.717) is 51.1 Å². The van der Waals surface area contributed by atoms with Gasteiger partial charge in [0.05, 0.1) is 28.4 Å². The number of nitrogens with zero attached hydrogens (tertiary/aromatic N) is 2. The number of ketones is 1. The third kappa shape index (κ3) is 5.57. The lowest BCUT2D eigenvalue weighted by Gasteiger charge is -2.24. The van der Waals surface area contributed by atoms with E-state index in [2.05, 4.69) is 4.98 Å². The standard InChI is InChI=1S/C33H24ClFN2O5S/c1-2-41-26-16-21(10-15-25(26)42-18-19-6-4-3-5-7-19)29-28(30(38)20-8-11-22(34)12-9-20)31(39)32(40)37(29)33-36-24-14-13-23(35)17-27(24)43-33/h3-17,29,38H,2,18H2,1H3/b30-28+. The largest absolute Gasteiger partial charge is 0.507 e. The van der Waals surface area contributed by atoms with Crippen molar-refractivity contribution in [2.45, 2.75) is 19.6 Å². The van der Waals surface area contributed by atoms with E-state index >= 15 is 0 Å². The minimum absolute atomic E-state index is 0.127. The van der Waals surface area contributed by atoms with Crippen molar-refractivity contribution in [3.8, 4) is 11.5 Å². The fourth-order valence-corrected chi connectivity index (χ4v) is 6.06. The Bertz CT molecular complexity index is 1870. The molecule has 1 fully saturated rings. The van der Waals surface area contributed by atoms with E-state index < -0.39 is 23.5 Å². The molecule has 10 heteroatoms. The maximum Gasteiger partial charge on any atom is 0.301 e. The molecule has 6 rings (SSSR count). The van der Waals surface area contributed by atoms with E-state index in [-0.39, 0.29) is 16.5 Å². The van der Waals surface area contributed by atoms with Gasteiger partial charge in [-0.1, -0.05) is 59.3 Å². The van der Waals surface area contributed by atoms with Crippen LogP contribution in [0.15, 0.2) is 96.6 Å². The van der Waals surface area contributed by atoms with Crippen LogP contribution in [0, 0.1) is 5.82 Å². The third-order valence-corrected chi connectivity index (χ3v) is 8.20. The molecule has 7 nitrogen and oxygen atoms in total. The molecule has 2 heterocycles. The van der Waals surface area contributed by atoms with Gasteiger partial charge in [-0.25, -0.2) is 9.37 Å². The second-order valence-corrected chi connectivity index (χ2v) is 11.1. The zero-order chi connectivity index (χ0) is 30.1. The van der Waals surface area contributed by atoms with Gasteiger partial charge in [0.15, 0.2) is 16.6 Å². The molecule has 5 aromatic rings. The van der Waals surface area contributed by atoms with Crippen molar-refractivity contribution in [1.82, 2.24) is 4.98 Å². The molecule has 1 aliphatic rings. The predicted octanol–water partition coefficient (Wildman–Crippen LogP) is 7.69. The summed E-state index contributed by atoms with van der Waals surface area (Å²) in [5.41, 5.74) is 2.11. The molecule has 1 amide bonds. The highest BCUT2D eigenvalue weighted by Crippen LogP contribution is 2.46. The first kappa shape index (κ1) is 28.4. The van der Waals surface area contributed by atoms with Crippen LogP contribution < -0.4 is 14.4 Å². The van der Waals surface area contributed by atoms with Crippen LogP contribution in [0.5, 0.6) is 11.5 Å². The summed E-state index contributed by atoms with van der Waals surface area (Å²) in [6.07, 6.45) is 0. The van der Waals surface area contributed by atoms with Crippen LogP contribution in [0.3, 0.4) is 0 Å². The van der Waals surface area contributed by atoms with Gasteiger partial charge in [-0.3, -0.25) is 14.5 Å². The number of aliphatic hydroxyl groups is 1. The molecular weight excluding hydrogens is 591 g/mol. The van der Waals surface area contributed by atoms with Gasteiger partial charge in [0.1, 0.15) is 18.2 Å². The topological polar surface area (TPSA) is 89.0 Å². The molecule has 0 saturated carbocycles. The molecule has 1 N–H and O–H groups in total. The molecule has 0 spiro atoms. The highest BCUT2D eigenvalue weighted by atomic mass is 35.5. The average molecular weight is 615 g/mol. The number of thiazole rings is 1. The van der Waals surface area contributed by atoms with E-state index in [9.17, 15) is 19.1 Å². The van der Waals surface area contributed by atoms with Gasteiger partial charge in [-0.15, -0.1) is 0 Å². The van der Waals surface area contributed by atoms with E-state index in [1.165, 1.54) is 23.1 Å². The van der Waals surface area contributed by atoms with Gasteiger partial charge in [0.25, 0.3) is 5.78 Å². The number of carbonyl (C=O) groups is 2. The molecule has 216 valence electrons. The number of Topliss-reactive ketones (excluding diaryl/α,β-unsaturated/α-hetero) is 1. The Balaban J connectivity index is 1.49. The first-order valence-electron chi connectivity index (χ1n) is 13.4. The zero-order valence-electron chi connectivity index (χ0n) is 22.8. The lowest BCUT2D eigenvalue weighted by Crippen LogP contribution is -2.29. The Labute approximate surface area is 255 Å². The van der Waals surface area contributed by atoms with Crippen molar-refractivity contribution in [2.75, 3.05) is 11.5 Å². The van der Waals surface area contributed by atoms with Crippen LogP contribution in [-0.4, -0.2) is 28.4 Å². The smallest absolute Gasteiger partial charge is 0.301 e. The van der Waals surface area contributed by atoms with Crippen LogP contribution in [0.2, 0.25) is 5.02 Å². The average Bonchev–Trinajstić information content (AvgIpc) is 3.54. The number of halogens is 2. The van der Waals surface area contributed by atoms with Crippen LogP contribution in [-0.2, 0) is 16.2 Å². The monoisotopic (exact) mass is 614 g/mol. The Morgan fingerprint density at radius 2 is 1.74 bits per heavy atom. The summed E-state index contributed by atoms with van der Waals surface area (Å²) in [6.45, 7) is 2.47. The quantitative estimate of drug-likeness (QED) is 0.109. The zero-order valence-corrected chi connectivity index (χ0v) is 24.4. The first-order chi connectivity index (χ1) is 20.8. The van der Waals surface area contributed by atoms with Crippen molar-refractivity contribution in [2.24, 2.45) is 0 Å².